The van der Waals surface area contributed by atoms with Crippen LogP contribution >= 0.6 is 0 Å². The second kappa shape index (κ2) is 8.32. The molecule has 0 amide bonds. The third-order valence-electron chi connectivity index (χ3n) is 11.4. The molecule has 2 N–H and O–H groups in total. The molecule has 1 unspecified atom stereocenters. The van der Waals surface area contributed by atoms with Crippen molar-refractivity contribution >= 4 is 11.8 Å². The van der Waals surface area contributed by atoms with E-state index in [9.17, 15) is 14.7 Å². The lowest BCUT2D eigenvalue weighted by Gasteiger charge is -2.55. The zero-order chi connectivity index (χ0) is 25.3. The number of hydrogen-bond donors (Lipinski definition) is 2. The number of aliphatic hydroxyl groups is 1. The predicted octanol–water partition coefficient (Wildman–Crippen LogP) is 6.72. The summed E-state index contributed by atoms with van der Waals surface area (Å²) in [7, 11) is 0. The van der Waals surface area contributed by atoms with E-state index in [1.54, 1.807) is 18.1 Å². The Morgan fingerprint density at radius 1 is 1.03 bits per heavy atom. The molecule has 4 aliphatic carbocycles. The molecular weight excluding hydrogens is 424 g/mol. The van der Waals surface area contributed by atoms with E-state index in [4.69, 9.17) is 5.11 Å². The molecule has 7 atom stereocenters. The van der Waals surface area contributed by atoms with Gasteiger partial charge in [-0.3, -0.25) is 4.79 Å². The monoisotopic (exact) mass is 470 g/mol. The van der Waals surface area contributed by atoms with Crippen molar-refractivity contribution in [3.05, 3.63) is 22.8 Å². The molecule has 0 aromatic rings. The summed E-state index contributed by atoms with van der Waals surface area (Å²) in [5, 5.41) is 21.2. The minimum Gasteiger partial charge on any atom is -0.478 e. The maximum absolute atomic E-state index is 12.8. The molecule has 34 heavy (non-hydrogen) atoms. The van der Waals surface area contributed by atoms with Crippen LogP contribution in [0.5, 0.6) is 0 Å². The largest absolute Gasteiger partial charge is 0.478 e. The van der Waals surface area contributed by atoms with E-state index in [1.165, 1.54) is 0 Å². The highest BCUT2D eigenvalue weighted by Gasteiger charge is 2.63. The van der Waals surface area contributed by atoms with Gasteiger partial charge in [-0.1, -0.05) is 51.8 Å². The highest BCUT2D eigenvalue weighted by Crippen LogP contribution is 2.70. The predicted molar refractivity (Wildman–Crippen MR) is 135 cm³/mol. The molecule has 4 rings (SSSR count). The van der Waals surface area contributed by atoms with Crippen LogP contribution in [0.3, 0.4) is 0 Å². The summed E-state index contributed by atoms with van der Waals surface area (Å²) < 4.78 is 0. The maximum Gasteiger partial charge on any atom is 0.330 e. The fraction of sp³-hybridized carbons (Fsp3) is 0.800. The fourth-order valence-corrected chi connectivity index (χ4v) is 9.21. The van der Waals surface area contributed by atoms with Crippen LogP contribution in [0.15, 0.2) is 22.8 Å². The standard InChI is InChI=1S/C30H46O4/c1-18(9-8-10-19(2)26(32)33)20-13-15-28(5)21-11-12-23-27(3,4)25(31)14-16-29(23,6)22(21)17-24(28)30(20,7)34/h10,18,20,23-24,34H,8-9,11-17H2,1-7H3,(H,32,33)/b19-10-/t18-,20-,23?,24-,28+,29-,30+/m1/s1. The minimum atomic E-state index is -0.852. The van der Waals surface area contributed by atoms with Crippen molar-refractivity contribution in [3.8, 4) is 0 Å². The molecule has 2 fully saturated rings. The molecule has 4 nitrogen and oxygen atoms in total. The van der Waals surface area contributed by atoms with Crippen LogP contribution in [0.1, 0.15) is 106 Å². The molecule has 0 aromatic heterocycles. The first kappa shape index (κ1) is 25.7. The molecule has 0 spiro atoms. The Morgan fingerprint density at radius 2 is 1.68 bits per heavy atom. The second-order valence-electron chi connectivity index (χ2n) is 13.4. The van der Waals surface area contributed by atoms with E-state index in [1.807, 2.05) is 6.08 Å². The number of carboxylic acids is 1. The Hall–Kier alpha value is -1.42. The molecule has 0 radical (unpaired) electrons. The van der Waals surface area contributed by atoms with Gasteiger partial charge >= 0.3 is 5.97 Å². The van der Waals surface area contributed by atoms with Gasteiger partial charge in [0, 0.05) is 23.3 Å². The van der Waals surface area contributed by atoms with Gasteiger partial charge in [-0.15, -0.1) is 0 Å². The Kier molecular flexibility index (Phi) is 6.28. The molecule has 2 saturated carbocycles. The van der Waals surface area contributed by atoms with Gasteiger partial charge in [0.25, 0.3) is 0 Å². The smallest absolute Gasteiger partial charge is 0.330 e. The number of carbonyl (C=O) groups is 2. The molecule has 0 aliphatic heterocycles. The number of hydrogen-bond acceptors (Lipinski definition) is 3. The van der Waals surface area contributed by atoms with E-state index in [0.29, 0.717) is 29.6 Å². The number of ketones is 1. The average molecular weight is 471 g/mol. The summed E-state index contributed by atoms with van der Waals surface area (Å²) in [6.07, 6.45) is 10.4. The molecule has 4 heteroatoms. The Bertz CT molecular complexity index is 937. The van der Waals surface area contributed by atoms with Gasteiger partial charge < -0.3 is 10.2 Å². The number of fused-ring (bicyclic) bond motifs is 4. The van der Waals surface area contributed by atoms with Gasteiger partial charge in [0.05, 0.1) is 5.60 Å². The van der Waals surface area contributed by atoms with Crippen LogP contribution in [-0.2, 0) is 9.59 Å². The maximum atomic E-state index is 12.8. The molecule has 4 aliphatic rings. The molecule has 0 heterocycles. The number of rotatable bonds is 5. The summed E-state index contributed by atoms with van der Waals surface area (Å²) in [4.78, 5) is 23.9. The summed E-state index contributed by atoms with van der Waals surface area (Å²) >= 11 is 0. The Balaban J connectivity index is 1.58. The summed E-state index contributed by atoms with van der Waals surface area (Å²) in [6, 6.07) is 0. The number of carboxylic acid groups (broad SMARTS) is 1. The third-order valence-corrected chi connectivity index (χ3v) is 11.4. The first-order valence-corrected chi connectivity index (χ1v) is 13.6. The van der Waals surface area contributed by atoms with Crippen LogP contribution in [0.25, 0.3) is 0 Å². The Labute approximate surface area is 206 Å². The van der Waals surface area contributed by atoms with E-state index >= 15 is 0 Å². The number of aliphatic carboxylic acids is 1. The average Bonchev–Trinajstić information content (AvgIpc) is 3.06. The molecule has 0 saturated heterocycles. The number of allylic oxidation sites excluding steroid dienone is 3. The van der Waals surface area contributed by atoms with Crippen LogP contribution in [-0.4, -0.2) is 27.6 Å². The SMILES string of the molecule is C/C(=C/CC[C@@H](C)[C@H]1CC[C@@]2(C)C3=C(C[C@H]2[C@@]1(C)O)[C@@]1(C)CCC(=O)C(C)(C)C1CC3)C(=O)O. The first-order valence-electron chi connectivity index (χ1n) is 13.6. The van der Waals surface area contributed by atoms with Gasteiger partial charge in [-0.2, -0.15) is 0 Å². The van der Waals surface area contributed by atoms with Gasteiger partial charge in [-0.05, 0) is 93.8 Å². The van der Waals surface area contributed by atoms with Crippen molar-refractivity contribution in [3.63, 3.8) is 0 Å². The molecule has 0 bridgehead atoms. The van der Waals surface area contributed by atoms with Crippen molar-refractivity contribution < 1.29 is 19.8 Å². The van der Waals surface area contributed by atoms with Crippen molar-refractivity contribution in [1.29, 1.82) is 0 Å². The van der Waals surface area contributed by atoms with E-state index in [2.05, 4.69) is 41.5 Å². The number of carbonyl (C=O) groups excluding carboxylic acids is 1. The van der Waals surface area contributed by atoms with Gasteiger partial charge in [0.1, 0.15) is 5.78 Å². The summed E-state index contributed by atoms with van der Waals surface area (Å²) in [5.41, 5.74) is 2.72. The van der Waals surface area contributed by atoms with Crippen molar-refractivity contribution in [1.82, 2.24) is 0 Å². The quantitative estimate of drug-likeness (QED) is 0.345. The van der Waals surface area contributed by atoms with Crippen molar-refractivity contribution in [2.75, 3.05) is 0 Å². The van der Waals surface area contributed by atoms with Gasteiger partial charge in [0.2, 0.25) is 0 Å². The lowest BCUT2D eigenvalue weighted by atomic mass is 9.49. The highest BCUT2D eigenvalue weighted by molar-refractivity contribution is 5.86. The molecule has 0 aromatic carbocycles. The summed E-state index contributed by atoms with van der Waals surface area (Å²) in [5.74, 6) is 0.748. The van der Waals surface area contributed by atoms with Crippen LogP contribution in [0, 0.1) is 39.9 Å². The Morgan fingerprint density at radius 3 is 2.32 bits per heavy atom. The lowest BCUT2D eigenvalue weighted by Crippen LogP contribution is -2.54. The van der Waals surface area contributed by atoms with Gasteiger partial charge in [-0.25, -0.2) is 4.79 Å². The highest BCUT2D eigenvalue weighted by atomic mass is 16.4. The van der Waals surface area contributed by atoms with Crippen LogP contribution in [0.4, 0.5) is 0 Å². The topological polar surface area (TPSA) is 74.6 Å². The van der Waals surface area contributed by atoms with E-state index in [0.717, 1.165) is 51.4 Å². The van der Waals surface area contributed by atoms with Crippen molar-refractivity contribution in [2.24, 2.45) is 39.9 Å². The van der Waals surface area contributed by atoms with Crippen LogP contribution in [0.2, 0.25) is 0 Å². The molecule has 190 valence electrons. The molecular formula is C30H46O4. The lowest BCUT2D eigenvalue weighted by molar-refractivity contribution is -0.139. The normalized spacial score (nSPS) is 42.6. The fourth-order valence-electron chi connectivity index (χ4n) is 9.21. The first-order chi connectivity index (χ1) is 15.7. The van der Waals surface area contributed by atoms with Crippen LogP contribution < -0.4 is 0 Å². The van der Waals surface area contributed by atoms with E-state index < -0.39 is 11.6 Å². The van der Waals surface area contributed by atoms with Gasteiger partial charge in [0.15, 0.2) is 0 Å². The second-order valence-corrected chi connectivity index (χ2v) is 13.4. The summed E-state index contributed by atoms with van der Waals surface area (Å²) in [6.45, 7) is 15.1. The van der Waals surface area contributed by atoms with E-state index in [-0.39, 0.29) is 28.1 Å². The zero-order valence-corrected chi connectivity index (χ0v) is 22.5. The third kappa shape index (κ3) is 3.65. The van der Waals surface area contributed by atoms with Crippen molar-refractivity contribution in [2.45, 2.75) is 112 Å². The minimum absolute atomic E-state index is 0.0500. The number of Topliss-reactive ketones (excluding diaryl/α,β-unsaturated/α-hetero) is 1. The zero-order valence-electron chi connectivity index (χ0n) is 22.5.